The van der Waals surface area contributed by atoms with E-state index in [1.807, 2.05) is 12.1 Å². The van der Waals surface area contributed by atoms with Crippen molar-refractivity contribution in [1.82, 2.24) is 0 Å². The minimum Gasteiger partial charge on any atom is -0.508 e. The summed E-state index contributed by atoms with van der Waals surface area (Å²) in [7, 11) is 0. The third-order valence-electron chi connectivity index (χ3n) is 3.38. The molecule has 2 aromatic carbocycles. The number of benzene rings is 2. The van der Waals surface area contributed by atoms with E-state index in [0.717, 1.165) is 6.42 Å². The van der Waals surface area contributed by atoms with E-state index in [4.69, 9.17) is 4.74 Å². The van der Waals surface area contributed by atoms with Gasteiger partial charge in [-0.1, -0.05) is 26.0 Å². The molecule has 0 saturated carbocycles. The molecule has 0 aliphatic carbocycles. The molecule has 0 fully saturated rings. The van der Waals surface area contributed by atoms with Crippen LogP contribution in [-0.2, 0) is 0 Å². The highest BCUT2D eigenvalue weighted by Gasteiger charge is 2.10. The molecule has 0 bridgehead atoms. The molecule has 0 aliphatic rings. The lowest BCUT2D eigenvalue weighted by Crippen LogP contribution is -2.08. The van der Waals surface area contributed by atoms with Gasteiger partial charge in [0, 0.05) is 0 Å². The molecule has 3 heteroatoms. The highest BCUT2D eigenvalue weighted by Crippen LogP contribution is 2.20. The van der Waals surface area contributed by atoms with Gasteiger partial charge in [0.25, 0.3) is 0 Å². The molecule has 0 amide bonds. The molecule has 0 heterocycles. The predicted molar refractivity (Wildman–Crippen MR) is 78.2 cm³/mol. The molecule has 0 saturated heterocycles. The van der Waals surface area contributed by atoms with E-state index < -0.39 is 5.97 Å². The molecule has 0 radical (unpaired) electrons. The zero-order valence-electron chi connectivity index (χ0n) is 11.7. The van der Waals surface area contributed by atoms with Crippen molar-refractivity contribution < 1.29 is 14.6 Å². The fourth-order valence-corrected chi connectivity index (χ4v) is 1.86. The van der Waals surface area contributed by atoms with Crippen molar-refractivity contribution in [2.45, 2.75) is 26.2 Å². The van der Waals surface area contributed by atoms with Gasteiger partial charge in [-0.05, 0) is 54.3 Å². The van der Waals surface area contributed by atoms with E-state index in [9.17, 15) is 9.90 Å². The van der Waals surface area contributed by atoms with Gasteiger partial charge in [-0.25, -0.2) is 4.79 Å². The van der Waals surface area contributed by atoms with Crippen molar-refractivity contribution >= 4 is 5.97 Å². The first-order valence-corrected chi connectivity index (χ1v) is 6.71. The second kappa shape index (κ2) is 6.24. The van der Waals surface area contributed by atoms with Crippen LogP contribution < -0.4 is 4.74 Å². The van der Waals surface area contributed by atoms with Crippen LogP contribution in [0.4, 0.5) is 0 Å². The van der Waals surface area contributed by atoms with E-state index in [1.54, 1.807) is 24.3 Å². The second-order valence-corrected chi connectivity index (χ2v) is 4.81. The molecule has 0 aromatic heterocycles. The number of ether oxygens (including phenoxy) is 1. The third-order valence-corrected chi connectivity index (χ3v) is 3.38. The molecule has 1 atom stereocenters. The average molecular weight is 270 g/mol. The van der Waals surface area contributed by atoms with E-state index in [1.165, 1.54) is 17.7 Å². The first kappa shape index (κ1) is 14.1. The fourth-order valence-electron chi connectivity index (χ4n) is 1.86. The molecular weight excluding hydrogens is 252 g/mol. The SMILES string of the molecule is CCC(C)c1ccc(C(=O)Oc2ccc(O)cc2)cc1. The maximum atomic E-state index is 12.0. The summed E-state index contributed by atoms with van der Waals surface area (Å²) in [4.78, 5) is 12.0. The van der Waals surface area contributed by atoms with Crippen molar-refractivity contribution in [1.29, 1.82) is 0 Å². The van der Waals surface area contributed by atoms with Gasteiger partial charge in [0.05, 0.1) is 5.56 Å². The van der Waals surface area contributed by atoms with Crippen LogP contribution in [0.2, 0.25) is 0 Å². The highest BCUT2D eigenvalue weighted by atomic mass is 16.5. The van der Waals surface area contributed by atoms with Crippen molar-refractivity contribution in [2.24, 2.45) is 0 Å². The smallest absolute Gasteiger partial charge is 0.343 e. The van der Waals surface area contributed by atoms with Crippen LogP contribution in [0.1, 0.15) is 42.1 Å². The summed E-state index contributed by atoms with van der Waals surface area (Å²) in [5, 5.41) is 9.17. The Kier molecular flexibility index (Phi) is 4.41. The number of hydrogen-bond acceptors (Lipinski definition) is 3. The molecule has 1 unspecified atom stereocenters. The van der Waals surface area contributed by atoms with E-state index in [0.29, 0.717) is 17.2 Å². The summed E-state index contributed by atoms with van der Waals surface area (Å²) in [6.45, 7) is 4.29. The lowest BCUT2D eigenvalue weighted by molar-refractivity contribution is 0.0734. The summed E-state index contributed by atoms with van der Waals surface area (Å²) in [6.07, 6.45) is 1.07. The van der Waals surface area contributed by atoms with Crippen LogP contribution in [0.3, 0.4) is 0 Å². The minimum absolute atomic E-state index is 0.141. The Morgan fingerprint density at radius 3 is 2.25 bits per heavy atom. The van der Waals surface area contributed by atoms with E-state index in [-0.39, 0.29) is 5.75 Å². The van der Waals surface area contributed by atoms with Gasteiger partial charge in [0.15, 0.2) is 0 Å². The Hall–Kier alpha value is -2.29. The lowest BCUT2D eigenvalue weighted by Gasteiger charge is -2.09. The summed E-state index contributed by atoms with van der Waals surface area (Å²) < 4.78 is 5.23. The first-order chi connectivity index (χ1) is 9.60. The first-order valence-electron chi connectivity index (χ1n) is 6.71. The van der Waals surface area contributed by atoms with Crippen LogP contribution >= 0.6 is 0 Å². The van der Waals surface area contributed by atoms with Gasteiger partial charge >= 0.3 is 5.97 Å². The van der Waals surface area contributed by atoms with Gasteiger partial charge in [0.2, 0.25) is 0 Å². The molecule has 2 aromatic rings. The number of hydrogen-bond donors (Lipinski definition) is 1. The van der Waals surface area contributed by atoms with Crippen molar-refractivity contribution in [2.75, 3.05) is 0 Å². The quantitative estimate of drug-likeness (QED) is 0.671. The normalized spacial score (nSPS) is 11.9. The molecule has 0 aliphatic heterocycles. The molecule has 104 valence electrons. The number of aromatic hydroxyl groups is 1. The molecule has 1 N–H and O–H groups in total. The topological polar surface area (TPSA) is 46.5 Å². The summed E-state index contributed by atoms with van der Waals surface area (Å²) >= 11 is 0. The fraction of sp³-hybridized carbons (Fsp3) is 0.235. The van der Waals surface area contributed by atoms with Crippen LogP contribution in [0.15, 0.2) is 48.5 Å². The molecule has 3 nitrogen and oxygen atoms in total. The van der Waals surface area contributed by atoms with Crippen molar-refractivity contribution in [3.05, 3.63) is 59.7 Å². The van der Waals surface area contributed by atoms with E-state index in [2.05, 4.69) is 13.8 Å². The number of carbonyl (C=O) groups is 1. The average Bonchev–Trinajstić information content (AvgIpc) is 2.49. The number of phenols is 1. The van der Waals surface area contributed by atoms with Crippen LogP contribution in [0, 0.1) is 0 Å². The Bertz CT molecular complexity index is 570. The highest BCUT2D eigenvalue weighted by molar-refractivity contribution is 5.91. The van der Waals surface area contributed by atoms with Crippen LogP contribution in [0.5, 0.6) is 11.5 Å². The van der Waals surface area contributed by atoms with E-state index >= 15 is 0 Å². The zero-order chi connectivity index (χ0) is 14.5. The second-order valence-electron chi connectivity index (χ2n) is 4.81. The molecular formula is C17H18O3. The minimum atomic E-state index is -0.397. The molecule has 0 spiro atoms. The third kappa shape index (κ3) is 3.38. The standard InChI is InChI=1S/C17H18O3/c1-3-12(2)13-4-6-14(7-5-13)17(19)20-16-10-8-15(18)9-11-16/h4-12,18H,3H2,1-2H3. The maximum absolute atomic E-state index is 12.0. The number of carbonyl (C=O) groups excluding carboxylic acids is 1. The van der Waals surface area contributed by atoms with Crippen LogP contribution in [0.25, 0.3) is 0 Å². The van der Waals surface area contributed by atoms with Gasteiger partial charge in [0.1, 0.15) is 11.5 Å². The predicted octanol–water partition coefficient (Wildman–Crippen LogP) is 4.12. The van der Waals surface area contributed by atoms with Crippen molar-refractivity contribution in [3.8, 4) is 11.5 Å². The monoisotopic (exact) mass is 270 g/mol. The molecule has 20 heavy (non-hydrogen) atoms. The van der Waals surface area contributed by atoms with Gasteiger partial charge in [-0.15, -0.1) is 0 Å². The summed E-state index contributed by atoms with van der Waals surface area (Å²) in [5.41, 5.74) is 1.74. The van der Waals surface area contributed by atoms with Gasteiger partial charge in [-0.2, -0.15) is 0 Å². The Labute approximate surface area is 118 Å². The van der Waals surface area contributed by atoms with Crippen LogP contribution in [-0.4, -0.2) is 11.1 Å². The zero-order valence-corrected chi connectivity index (χ0v) is 11.7. The largest absolute Gasteiger partial charge is 0.508 e. The summed E-state index contributed by atoms with van der Waals surface area (Å²) in [5.74, 6) is 0.644. The Morgan fingerprint density at radius 1 is 1.10 bits per heavy atom. The molecule has 2 rings (SSSR count). The Balaban J connectivity index is 2.07. The van der Waals surface area contributed by atoms with Gasteiger partial charge in [-0.3, -0.25) is 0 Å². The lowest BCUT2D eigenvalue weighted by atomic mass is 9.98. The van der Waals surface area contributed by atoms with Gasteiger partial charge < -0.3 is 9.84 Å². The summed E-state index contributed by atoms with van der Waals surface area (Å²) in [6, 6.07) is 13.6. The number of rotatable bonds is 4. The number of phenolic OH excluding ortho intramolecular Hbond substituents is 1. The number of esters is 1. The van der Waals surface area contributed by atoms with Crippen molar-refractivity contribution in [3.63, 3.8) is 0 Å². The maximum Gasteiger partial charge on any atom is 0.343 e. The Morgan fingerprint density at radius 2 is 1.70 bits per heavy atom.